The summed E-state index contributed by atoms with van der Waals surface area (Å²) in [6.07, 6.45) is 2.68. The number of hydrogen-bond donors (Lipinski definition) is 0. The maximum absolute atomic E-state index is 5.71. The zero-order valence-electron chi connectivity index (χ0n) is 8.80. The average Bonchev–Trinajstić information content (AvgIpc) is 2.08. The molecule has 0 aromatic heterocycles. The Labute approximate surface area is 86.8 Å². The molecule has 2 nitrogen and oxygen atoms in total. The molecule has 78 valence electrons. The molecule has 0 unspecified atom stereocenters. The van der Waals surface area contributed by atoms with Crippen LogP contribution in [0.3, 0.4) is 0 Å². The van der Waals surface area contributed by atoms with E-state index in [4.69, 9.17) is 11.6 Å². The van der Waals surface area contributed by atoms with Crippen molar-refractivity contribution in [3.63, 3.8) is 0 Å². The molecule has 0 radical (unpaired) electrons. The summed E-state index contributed by atoms with van der Waals surface area (Å²) in [5, 5.41) is 0. The predicted molar refractivity (Wildman–Crippen MR) is 58.4 cm³/mol. The van der Waals surface area contributed by atoms with Crippen LogP contribution in [0.2, 0.25) is 0 Å². The van der Waals surface area contributed by atoms with Gasteiger partial charge in [-0.2, -0.15) is 0 Å². The van der Waals surface area contributed by atoms with Crippen LogP contribution in [-0.4, -0.2) is 56.0 Å². The second-order valence-corrected chi connectivity index (χ2v) is 4.61. The summed E-state index contributed by atoms with van der Waals surface area (Å²) in [4.78, 5) is 4.76. The zero-order chi connectivity index (χ0) is 9.68. The molecule has 0 bridgehead atoms. The highest BCUT2D eigenvalue weighted by atomic mass is 35.5. The van der Waals surface area contributed by atoms with Gasteiger partial charge >= 0.3 is 0 Å². The number of piperidine rings is 1. The molecule has 0 saturated carbocycles. The lowest BCUT2D eigenvalue weighted by atomic mass is 9.96. The van der Waals surface area contributed by atoms with Gasteiger partial charge in [0.25, 0.3) is 0 Å². The van der Waals surface area contributed by atoms with E-state index in [1.165, 1.54) is 32.5 Å². The molecule has 0 spiro atoms. The van der Waals surface area contributed by atoms with Gasteiger partial charge in [0.2, 0.25) is 0 Å². The number of likely N-dealkylation sites (tertiary alicyclic amines) is 1. The Morgan fingerprint density at radius 1 is 1.31 bits per heavy atom. The normalized spacial score (nSPS) is 21.2. The fourth-order valence-electron chi connectivity index (χ4n) is 2.03. The smallest absolute Gasteiger partial charge is 0.0351 e. The van der Waals surface area contributed by atoms with E-state index in [-0.39, 0.29) is 0 Å². The van der Waals surface area contributed by atoms with Crippen molar-refractivity contribution in [2.45, 2.75) is 12.8 Å². The van der Waals surface area contributed by atoms with Crippen LogP contribution in [0, 0.1) is 5.92 Å². The summed E-state index contributed by atoms with van der Waals surface area (Å²) in [5.74, 6) is 1.68. The first-order chi connectivity index (χ1) is 6.22. The molecule has 1 aliphatic heterocycles. The minimum absolute atomic E-state index is 0.776. The van der Waals surface area contributed by atoms with Crippen LogP contribution >= 0.6 is 11.6 Å². The Bertz CT molecular complexity index is 131. The third-order valence-electron chi connectivity index (χ3n) is 2.73. The highest BCUT2D eigenvalue weighted by molar-refractivity contribution is 6.18. The number of halogens is 1. The van der Waals surface area contributed by atoms with E-state index in [2.05, 4.69) is 23.9 Å². The van der Waals surface area contributed by atoms with Crippen LogP contribution in [0.25, 0.3) is 0 Å². The first-order valence-electron chi connectivity index (χ1n) is 5.15. The minimum Gasteiger partial charge on any atom is -0.309 e. The van der Waals surface area contributed by atoms with Gasteiger partial charge in [-0.05, 0) is 45.9 Å². The summed E-state index contributed by atoms with van der Waals surface area (Å²) < 4.78 is 0. The lowest BCUT2D eigenvalue weighted by Gasteiger charge is -2.32. The van der Waals surface area contributed by atoms with Gasteiger partial charge in [-0.15, -0.1) is 11.6 Å². The van der Waals surface area contributed by atoms with Crippen molar-refractivity contribution in [1.29, 1.82) is 0 Å². The van der Waals surface area contributed by atoms with Gasteiger partial charge in [0.15, 0.2) is 0 Å². The van der Waals surface area contributed by atoms with Crippen LogP contribution in [0.5, 0.6) is 0 Å². The van der Waals surface area contributed by atoms with Gasteiger partial charge < -0.3 is 9.80 Å². The van der Waals surface area contributed by atoms with Crippen molar-refractivity contribution in [1.82, 2.24) is 9.80 Å². The van der Waals surface area contributed by atoms with E-state index in [9.17, 15) is 0 Å². The second kappa shape index (κ2) is 5.84. The number of hydrogen-bond acceptors (Lipinski definition) is 2. The molecule has 0 aromatic rings. The third kappa shape index (κ3) is 4.30. The monoisotopic (exact) mass is 204 g/mol. The molecule has 1 rings (SSSR count). The number of rotatable bonds is 4. The van der Waals surface area contributed by atoms with Gasteiger partial charge in [0.1, 0.15) is 0 Å². The lowest BCUT2D eigenvalue weighted by Crippen LogP contribution is -2.37. The Kier molecular flexibility index (Phi) is 5.07. The molecule has 0 amide bonds. The van der Waals surface area contributed by atoms with Crippen LogP contribution in [0.15, 0.2) is 0 Å². The molecule has 3 heteroatoms. The van der Waals surface area contributed by atoms with Crippen molar-refractivity contribution in [2.75, 3.05) is 46.2 Å². The third-order valence-corrected chi connectivity index (χ3v) is 2.90. The van der Waals surface area contributed by atoms with Crippen molar-refractivity contribution in [2.24, 2.45) is 5.92 Å². The van der Waals surface area contributed by atoms with E-state index >= 15 is 0 Å². The van der Waals surface area contributed by atoms with Gasteiger partial charge in [-0.1, -0.05) is 0 Å². The Hall–Kier alpha value is 0.210. The van der Waals surface area contributed by atoms with Crippen LogP contribution in [0.1, 0.15) is 12.8 Å². The van der Waals surface area contributed by atoms with Gasteiger partial charge in [0.05, 0.1) is 0 Å². The van der Waals surface area contributed by atoms with Crippen LogP contribution in [0.4, 0.5) is 0 Å². The molecule has 0 atom stereocenters. The Balaban J connectivity index is 2.15. The molecule has 13 heavy (non-hydrogen) atoms. The summed E-state index contributed by atoms with van der Waals surface area (Å²) in [6, 6.07) is 0. The number of nitrogens with zero attached hydrogens (tertiary/aromatic N) is 2. The first kappa shape index (κ1) is 11.3. The fraction of sp³-hybridized carbons (Fsp3) is 1.00. The van der Waals surface area contributed by atoms with Crippen molar-refractivity contribution < 1.29 is 0 Å². The highest BCUT2D eigenvalue weighted by Crippen LogP contribution is 2.17. The Morgan fingerprint density at radius 3 is 2.38 bits per heavy atom. The molecule has 1 aliphatic rings. The molecule has 0 N–H and O–H groups in total. The van der Waals surface area contributed by atoms with E-state index in [0.29, 0.717) is 0 Å². The predicted octanol–water partition coefficient (Wildman–Crippen LogP) is 1.50. The zero-order valence-corrected chi connectivity index (χ0v) is 9.56. The molecule has 0 aliphatic carbocycles. The second-order valence-electron chi connectivity index (χ2n) is 4.24. The summed E-state index contributed by atoms with van der Waals surface area (Å²) in [6.45, 7) is 4.79. The molecular formula is C10H21ClN2. The molecular weight excluding hydrogens is 184 g/mol. The SMILES string of the molecule is CN(C)CC1CCN(CCCl)CC1. The average molecular weight is 205 g/mol. The molecule has 1 fully saturated rings. The molecule has 1 heterocycles. The molecule has 0 aromatic carbocycles. The largest absolute Gasteiger partial charge is 0.309 e. The lowest BCUT2D eigenvalue weighted by molar-refractivity contribution is 0.169. The van der Waals surface area contributed by atoms with Crippen LogP contribution < -0.4 is 0 Å². The first-order valence-corrected chi connectivity index (χ1v) is 5.69. The quantitative estimate of drug-likeness (QED) is 0.641. The highest BCUT2D eigenvalue weighted by Gasteiger charge is 2.18. The standard InChI is InChI=1S/C10H21ClN2/c1-12(2)9-10-3-6-13(7-4-10)8-5-11/h10H,3-9H2,1-2H3. The fourth-order valence-corrected chi connectivity index (χ4v) is 2.27. The Morgan fingerprint density at radius 2 is 1.92 bits per heavy atom. The van der Waals surface area contributed by atoms with Gasteiger partial charge in [0, 0.05) is 19.0 Å². The van der Waals surface area contributed by atoms with E-state index in [1.807, 2.05) is 0 Å². The van der Waals surface area contributed by atoms with Crippen molar-refractivity contribution in [3.05, 3.63) is 0 Å². The minimum atomic E-state index is 0.776. The maximum Gasteiger partial charge on any atom is 0.0351 e. The van der Waals surface area contributed by atoms with E-state index in [0.717, 1.165) is 18.3 Å². The van der Waals surface area contributed by atoms with Gasteiger partial charge in [-0.25, -0.2) is 0 Å². The summed E-state index contributed by atoms with van der Waals surface area (Å²) >= 11 is 5.71. The van der Waals surface area contributed by atoms with Crippen molar-refractivity contribution in [3.8, 4) is 0 Å². The van der Waals surface area contributed by atoms with Gasteiger partial charge in [-0.3, -0.25) is 0 Å². The van der Waals surface area contributed by atoms with Crippen molar-refractivity contribution >= 4 is 11.6 Å². The van der Waals surface area contributed by atoms with E-state index < -0.39 is 0 Å². The maximum atomic E-state index is 5.71. The summed E-state index contributed by atoms with van der Waals surface area (Å²) in [7, 11) is 4.32. The topological polar surface area (TPSA) is 6.48 Å². The number of alkyl halides is 1. The molecule has 1 saturated heterocycles. The summed E-state index contributed by atoms with van der Waals surface area (Å²) in [5.41, 5.74) is 0. The van der Waals surface area contributed by atoms with E-state index in [1.54, 1.807) is 0 Å². The van der Waals surface area contributed by atoms with Crippen LogP contribution in [-0.2, 0) is 0 Å².